The van der Waals surface area contributed by atoms with Crippen molar-refractivity contribution >= 4 is 44.8 Å². The molecule has 4 unspecified atom stereocenters. The smallest absolute Gasteiger partial charge is 0.253 e. The summed E-state index contributed by atoms with van der Waals surface area (Å²) in [7, 11) is -3.91. The maximum absolute atomic E-state index is 15.4. The number of ether oxygens (including phenoxy) is 1. The minimum Gasteiger partial charge on any atom is -0.358 e. The molecule has 2 aliphatic carbocycles. The van der Waals surface area contributed by atoms with Crippen LogP contribution in [0.2, 0.25) is 10.0 Å². The van der Waals surface area contributed by atoms with Crippen molar-refractivity contribution in [3.05, 3.63) is 112 Å². The molecular formula is C33H32Cl2FN5O4S. The molecule has 0 radical (unpaired) electrons. The van der Waals surface area contributed by atoms with Gasteiger partial charge >= 0.3 is 0 Å². The van der Waals surface area contributed by atoms with E-state index in [0.29, 0.717) is 28.6 Å². The number of anilines is 1. The Morgan fingerprint density at radius 2 is 1.74 bits per heavy atom. The van der Waals surface area contributed by atoms with Gasteiger partial charge in [-0.05, 0) is 79.1 Å². The maximum Gasteiger partial charge on any atom is 0.253 e. The molecule has 3 fully saturated rings. The first-order chi connectivity index (χ1) is 22.2. The summed E-state index contributed by atoms with van der Waals surface area (Å²) in [6, 6.07) is 19.2. The molecule has 0 bridgehead atoms. The summed E-state index contributed by atoms with van der Waals surface area (Å²) in [6.45, 7) is -0.0980. The third-order valence-electron chi connectivity index (χ3n) is 8.93. The van der Waals surface area contributed by atoms with Crippen molar-refractivity contribution in [2.24, 2.45) is 5.92 Å². The van der Waals surface area contributed by atoms with Crippen LogP contribution in [0, 0.1) is 11.7 Å². The number of nitrogens with one attached hydrogen (secondary N) is 1. The number of halogens is 3. The quantitative estimate of drug-likeness (QED) is 0.199. The highest BCUT2D eigenvalue weighted by atomic mass is 35.5. The molecule has 46 heavy (non-hydrogen) atoms. The average molecular weight is 685 g/mol. The minimum atomic E-state index is -3.91. The van der Waals surface area contributed by atoms with Gasteiger partial charge in [0.05, 0.1) is 41.5 Å². The summed E-state index contributed by atoms with van der Waals surface area (Å²) < 4.78 is 51.1. The van der Waals surface area contributed by atoms with Crippen LogP contribution in [0.1, 0.15) is 54.6 Å². The monoisotopic (exact) mass is 683 g/mol. The largest absolute Gasteiger partial charge is 0.358 e. The van der Waals surface area contributed by atoms with Crippen LogP contribution in [0.5, 0.6) is 0 Å². The number of H-pyrrole nitrogens is 1. The summed E-state index contributed by atoms with van der Waals surface area (Å²) in [5.74, 6) is -0.951. The summed E-state index contributed by atoms with van der Waals surface area (Å²) in [5, 5.41) is 11.1. The number of hydrogen-bond donors (Lipinski definition) is 1. The number of aromatic amines is 1. The van der Waals surface area contributed by atoms with Crippen LogP contribution < -0.4 is 4.31 Å². The number of benzene rings is 3. The van der Waals surface area contributed by atoms with Gasteiger partial charge in [-0.1, -0.05) is 59.6 Å². The lowest BCUT2D eigenvalue weighted by Crippen LogP contribution is -2.59. The summed E-state index contributed by atoms with van der Waals surface area (Å²) in [6.07, 6.45) is 2.68. The number of sulfonamides is 1. The Kier molecular flexibility index (Phi) is 8.52. The normalized spacial score (nSPS) is 22.5. The molecule has 3 aromatic carbocycles. The second-order valence-electron chi connectivity index (χ2n) is 12.1. The zero-order valence-corrected chi connectivity index (χ0v) is 27.0. The van der Waals surface area contributed by atoms with Crippen molar-refractivity contribution in [1.82, 2.24) is 20.3 Å². The molecule has 2 saturated carbocycles. The Balaban J connectivity index is 1.37. The van der Waals surface area contributed by atoms with Gasteiger partial charge in [-0.15, -0.1) is 0 Å². The zero-order valence-electron chi connectivity index (χ0n) is 24.7. The van der Waals surface area contributed by atoms with Crippen LogP contribution in [0.3, 0.4) is 0 Å². The summed E-state index contributed by atoms with van der Waals surface area (Å²) >= 11 is 12.8. The van der Waals surface area contributed by atoms with Crippen molar-refractivity contribution in [3.63, 3.8) is 0 Å². The Hall–Kier alpha value is -3.51. The number of amides is 1. The second-order valence-corrected chi connectivity index (χ2v) is 15.1. The predicted octanol–water partition coefficient (Wildman–Crippen LogP) is 6.28. The van der Waals surface area contributed by atoms with E-state index in [0.717, 1.165) is 24.0 Å². The van der Waals surface area contributed by atoms with E-state index in [1.165, 1.54) is 22.5 Å². The topological polar surface area (TPSA) is 108 Å². The highest BCUT2D eigenvalue weighted by Crippen LogP contribution is 2.49. The van der Waals surface area contributed by atoms with Crippen molar-refractivity contribution in [2.75, 3.05) is 10.8 Å². The van der Waals surface area contributed by atoms with Gasteiger partial charge in [0.2, 0.25) is 10.0 Å². The molecule has 7 rings (SSSR count). The Bertz CT molecular complexity index is 1820. The number of rotatable bonds is 11. The van der Waals surface area contributed by atoms with E-state index in [9.17, 15) is 13.2 Å². The fourth-order valence-electron chi connectivity index (χ4n) is 6.37. The first-order valence-electron chi connectivity index (χ1n) is 15.3. The van der Waals surface area contributed by atoms with Crippen molar-refractivity contribution in [1.29, 1.82) is 0 Å². The number of morpholine rings is 1. The van der Waals surface area contributed by atoms with Crippen LogP contribution in [-0.2, 0) is 26.0 Å². The zero-order chi connectivity index (χ0) is 32.0. The highest BCUT2D eigenvalue weighted by Gasteiger charge is 2.52. The average Bonchev–Trinajstić information content (AvgIpc) is 3.98. The molecule has 2 heterocycles. The molecule has 1 amide bonds. The number of para-hydroxylation sites is 1. The molecule has 1 saturated heterocycles. The second kappa shape index (κ2) is 12.6. The van der Waals surface area contributed by atoms with Crippen molar-refractivity contribution < 1.29 is 22.3 Å². The van der Waals surface area contributed by atoms with Gasteiger partial charge in [0, 0.05) is 16.5 Å². The van der Waals surface area contributed by atoms with Crippen LogP contribution in [0.4, 0.5) is 10.1 Å². The molecule has 3 aliphatic rings. The van der Waals surface area contributed by atoms with Crippen molar-refractivity contribution in [2.45, 2.75) is 61.6 Å². The Labute approximate surface area is 276 Å². The molecule has 1 N–H and O–H groups in total. The third kappa shape index (κ3) is 6.25. The summed E-state index contributed by atoms with van der Waals surface area (Å²) in [4.78, 5) is 16.5. The molecule has 240 valence electrons. The van der Waals surface area contributed by atoms with Crippen LogP contribution >= 0.6 is 23.2 Å². The first-order valence-corrected chi connectivity index (χ1v) is 17.6. The Morgan fingerprint density at radius 1 is 0.978 bits per heavy atom. The standard InChI is InChI=1S/C33H32Cl2FN5O4S/c34-23-12-10-21(11-13-23)31-32(22-4-3-5-24(35)16-22)45-30(17-25-18-37-39-38-25)33(42)41(31)29(20-8-9-20)19-40(46(43,44)26-14-15-26)28-7-2-1-6-27(28)36/h1-7,10-13,16,18,20,26,29-32H,8-9,14-15,17,19H2,(H,37,38,39). The van der Waals surface area contributed by atoms with Gasteiger partial charge in [-0.3, -0.25) is 9.10 Å². The lowest BCUT2D eigenvalue weighted by Gasteiger charge is -2.49. The predicted molar refractivity (Wildman–Crippen MR) is 172 cm³/mol. The highest BCUT2D eigenvalue weighted by molar-refractivity contribution is 7.93. The third-order valence-corrected chi connectivity index (χ3v) is 11.7. The van der Waals surface area contributed by atoms with E-state index >= 15 is 4.39 Å². The number of carbonyl (C=O) groups is 1. The lowest BCUT2D eigenvalue weighted by atomic mass is 9.89. The van der Waals surface area contributed by atoms with Gasteiger partial charge in [0.15, 0.2) is 0 Å². The molecule has 1 aliphatic heterocycles. The van der Waals surface area contributed by atoms with Crippen LogP contribution in [-0.4, -0.2) is 58.6 Å². The van der Waals surface area contributed by atoms with E-state index in [1.807, 2.05) is 30.3 Å². The molecule has 1 aromatic heterocycles. The van der Waals surface area contributed by atoms with Crippen LogP contribution in [0.15, 0.2) is 79.0 Å². The fraction of sp³-hybridized carbons (Fsp3) is 0.364. The van der Waals surface area contributed by atoms with E-state index in [-0.39, 0.29) is 30.5 Å². The molecule has 9 nitrogen and oxygen atoms in total. The summed E-state index contributed by atoms with van der Waals surface area (Å²) in [5.41, 5.74) is 2.03. The van der Waals surface area contributed by atoms with Crippen molar-refractivity contribution in [3.8, 4) is 0 Å². The van der Waals surface area contributed by atoms with Gasteiger partial charge in [0.25, 0.3) is 5.91 Å². The van der Waals surface area contributed by atoms with Crippen LogP contribution in [0.25, 0.3) is 0 Å². The molecule has 4 aromatic rings. The van der Waals surface area contributed by atoms with Gasteiger partial charge in [-0.25, -0.2) is 12.8 Å². The molecule has 4 atom stereocenters. The van der Waals surface area contributed by atoms with E-state index in [4.69, 9.17) is 27.9 Å². The van der Waals surface area contributed by atoms with E-state index in [2.05, 4.69) is 15.4 Å². The number of aromatic nitrogens is 3. The maximum atomic E-state index is 15.4. The van der Waals surface area contributed by atoms with E-state index in [1.54, 1.807) is 35.4 Å². The van der Waals surface area contributed by atoms with Gasteiger partial charge in [-0.2, -0.15) is 15.4 Å². The van der Waals surface area contributed by atoms with Gasteiger partial charge < -0.3 is 9.64 Å². The SMILES string of the molecule is O=C1C(Cc2cn[nH]n2)OC(c2cccc(Cl)c2)C(c2ccc(Cl)cc2)N1C(CN(c1ccccc1F)S(=O)(=O)C1CC1)C1CC1. The number of carbonyl (C=O) groups excluding carboxylic acids is 1. The van der Waals surface area contributed by atoms with E-state index < -0.39 is 45.4 Å². The van der Waals surface area contributed by atoms with Gasteiger partial charge in [0.1, 0.15) is 18.0 Å². The lowest BCUT2D eigenvalue weighted by molar-refractivity contribution is -0.179. The fourth-order valence-corrected chi connectivity index (χ4v) is 8.57. The first kappa shape index (κ1) is 31.1. The Morgan fingerprint density at radius 3 is 2.39 bits per heavy atom. The number of hydrogen-bond acceptors (Lipinski definition) is 6. The molecular weight excluding hydrogens is 652 g/mol. The molecule has 0 spiro atoms. The minimum absolute atomic E-state index is 0.00626. The molecule has 13 heteroatoms. The number of nitrogens with zero attached hydrogens (tertiary/aromatic N) is 4.